The van der Waals surface area contributed by atoms with Gasteiger partial charge in [-0.25, -0.2) is 8.99 Å². The number of carbonyl (C=O) groups excluding carboxylic acids is 1. The van der Waals surface area contributed by atoms with Crippen molar-refractivity contribution in [3.8, 4) is 0 Å². The summed E-state index contributed by atoms with van der Waals surface area (Å²) in [6.07, 6.45) is 4.92. The average Bonchev–Trinajstić information content (AvgIpc) is 3.06. The molecule has 1 aliphatic rings. The second-order valence-electron chi connectivity index (χ2n) is 6.22. The number of ketones is 1. The third-order valence-electron chi connectivity index (χ3n) is 4.31. The quantitative estimate of drug-likeness (QED) is 0.725. The van der Waals surface area contributed by atoms with Crippen molar-refractivity contribution in [2.75, 3.05) is 0 Å². The molecule has 11 heteroatoms. The van der Waals surface area contributed by atoms with Gasteiger partial charge in [-0.1, -0.05) is 36.4 Å². The van der Waals surface area contributed by atoms with Crippen LogP contribution in [0.15, 0.2) is 48.8 Å². The van der Waals surface area contributed by atoms with E-state index >= 15 is 0 Å². The van der Waals surface area contributed by atoms with E-state index in [4.69, 9.17) is 0 Å². The monoisotopic (exact) mass is 414 g/mol. The molecule has 1 atom stereocenters. The van der Waals surface area contributed by atoms with Crippen molar-refractivity contribution < 1.29 is 26.4 Å². The first-order valence-corrected chi connectivity index (χ1v) is 9.90. The predicted octanol–water partition coefficient (Wildman–Crippen LogP) is 3.15. The molecule has 2 heterocycles. The van der Waals surface area contributed by atoms with E-state index in [1.54, 1.807) is 24.3 Å². The average molecular weight is 414 g/mol. The molecule has 0 amide bonds. The smallest absolute Gasteiger partial charge is 0.297 e. The maximum Gasteiger partial charge on any atom is 0.517 e. The fourth-order valence-electron chi connectivity index (χ4n) is 2.97. The molecule has 1 aromatic carbocycles. The van der Waals surface area contributed by atoms with Crippen LogP contribution in [-0.2, 0) is 14.8 Å². The summed E-state index contributed by atoms with van der Waals surface area (Å²) < 4.78 is 62.8. The minimum atomic E-state index is -5.53. The van der Waals surface area contributed by atoms with Crippen molar-refractivity contribution in [2.24, 2.45) is 5.92 Å². The lowest BCUT2D eigenvalue weighted by molar-refractivity contribution is -0.123. The maximum atomic E-state index is 12.8. The Labute approximate surface area is 159 Å². The fraction of sp³-hybridized carbons (Fsp3) is 0.353. The number of nitrogens with zero attached hydrogens (tertiary/aromatic N) is 4. The highest BCUT2D eigenvalue weighted by atomic mass is 32.2. The summed E-state index contributed by atoms with van der Waals surface area (Å²) in [6.45, 7) is 1.83. The Hall–Kier alpha value is -2.69. The molecule has 0 saturated heterocycles. The van der Waals surface area contributed by atoms with E-state index in [2.05, 4.69) is 10.3 Å². The van der Waals surface area contributed by atoms with Gasteiger partial charge in [0.15, 0.2) is 5.78 Å². The number of benzene rings is 1. The van der Waals surface area contributed by atoms with Crippen LogP contribution in [0, 0.1) is 5.92 Å². The number of rotatable bonds is 6. The number of halogens is 3. The SMILES string of the molecule is CCCC(=O)C(C1C=CN(S(=O)(=O)C(F)(F)F)C=C1)n1nnc2ccccc21. The van der Waals surface area contributed by atoms with E-state index in [9.17, 15) is 26.4 Å². The summed E-state index contributed by atoms with van der Waals surface area (Å²) in [5.41, 5.74) is -4.25. The van der Waals surface area contributed by atoms with Crippen molar-refractivity contribution >= 4 is 26.8 Å². The number of para-hydroxylation sites is 1. The highest BCUT2D eigenvalue weighted by Gasteiger charge is 2.49. The lowest BCUT2D eigenvalue weighted by Crippen LogP contribution is -2.36. The minimum absolute atomic E-state index is 0.0876. The summed E-state index contributed by atoms with van der Waals surface area (Å²) >= 11 is 0. The Morgan fingerprint density at radius 3 is 2.46 bits per heavy atom. The van der Waals surface area contributed by atoms with E-state index < -0.39 is 27.5 Å². The van der Waals surface area contributed by atoms with Gasteiger partial charge in [-0.2, -0.15) is 21.6 Å². The van der Waals surface area contributed by atoms with Crippen molar-refractivity contribution in [3.05, 3.63) is 48.8 Å². The highest BCUT2D eigenvalue weighted by Crippen LogP contribution is 2.33. The van der Waals surface area contributed by atoms with Crippen LogP contribution in [0.4, 0.5) is 13.2 Å². The Bertz CT molecular complexity index is 1030. The second-order valence-corrected chi connectivity index (χ2v) is 8.06. The van der Waals surface area contributed by atoms with Crippen LogP contribution in [0.1, 0.15) is 25.8 Å². The van der Waals surface area contributed by atoms with Crippen LogP contribution in [-0.4, -0.2) is 39.0 Å². The van der Waals surface area contributed by atoms with Gasteiger partial charge in [-0.15, -0.1) is 5.10 Å². The van der Waals surface area contributed by atoms with Gasteiger partial charge < -0.3 is 0 Å². The zero-order valence-electron chi connectivity index (χ0n) is 14.7. The molecule has 1 unspecified atom stereocenters. The van der Waals surface area contributed by atoms with Gasteiger partial charge in [0.1, 0.15) is 11.6 Å². The maximum absolute atomic E-state index is 12.8. The first kappa shape index (κ1) is 20.1. The summed E-state index contributed by atoms with van der Waals surface area (Å²) in [6, 6.07) is 6.14. The fourth-order valence-corrected chi connectivity index (χ4v) is 3.67. The molecule has 1 aromatic heterocycles. The number of alkyl halides is 3. The van der Waals surface area contributed by atoms with Gasteiger partial charge in [0.2, 0.25) is 0 Å². The topological polar surface area (TPSA) is 85.2 Å². The number of aromatic nitrogens is 3. The summed E-state index contributed by atoms with van der Waals surface area (Å²) in [5.74, 6) is -0.853. The number of allylic oxidation sites excluding steroid dienone is 2. The molecule has 2 aromatic rings. The minimum Gasteiger partial charge on any atom is -0.297 e. The molecule has 0 bridgehead atoms. The standard InChI is InChI=1S/C17H17F3N4O3S/c1-2-5-15(25)16(24-14-7-4-3-6-13(14)21-22-24)12-8-10-23(11-9-12)28(26,27)17(18,19)20/h3-4,6-12,16H,2,5H2,1H3. The number of Topliss-reactive ketones (excluding diaryl/α,β-unsaturated/α-hetero) is 1. The van der Waals surface area contributed by atoms with E-state index in [-0.39, 0.29) is 16.5 Å². The summed E-state index contributed by atoms with van der Waals surface area (Å²) in [4.78, 5) is 12.8. The van der Waals surface area contributed by atoms with Crippen molar-refractivity contribution in [1.29, 1.82) is 0 Å². The normalized spacial score (nSPS) is 16.6. The van der Waals surface area contributed by atoms with E-state index in [1.165, 1.54) is 16.8 Å². The van der Waals surface area contributed by atoms with E-state index in [1.807, 2.05) is 6.92 Å². The molecule has 1 aliphatic heterocycles. The molecule has 0 radical (unpaired) electrons. The molecular formula is C17H17F3N4O3S. The zero-order chi connectivity index (χ0) is 20.5. The summed E-state index contributed by atoms with van der Waals surface area (Å²) in [7, 11) is -5.53. The summed E-state index contributed by atoms with van der Waals surface area (Å²) in [5, 5.41) is 8.07. The number of carbonyl (C=O) groups is 1. The molecule has 0 fully saturated rings. The molecule has 0 saturated carbocycles. The number of sulfonamides is 1. The van der Waals surface area contributed by atoms with Gasteiger partial charge >= 0.3 is 15.5 Å². The number of fused-ring (bicyclic) bond motifs is 1. The van der Waals surface area contributed by atoms with Crippen LogP contribution >= 0.6 is 0 Å². The van der Waals surface area contributed by atoms with Crippen LogP contribution in [0.3, 0.4) is 0 Å². The third-order valence-corrected chi connectivity index (χ3v) is 5.70. The Balaban J connectivity index is 1.97. The molecule has 0 spiro atoms. The van der Waals surface area contributed by atoms with E-state index in [0.717, 1.165) is 12.4 Å². The van der Waals surface area contributed by atoms with Crippen LogP contribution in [0.5, 0.6) is 0 Å². The molecule has 28 heavy (non-hydrogen) atoms. The van der Waals surface area contributed by atoms with Crippen molar-refractivity contribution in [1.82, 2.24) is 19.3 Å². The third kappa shape index (κ3) is 3.53. The van der Waals surface area contributed by atoms with Crippen LogP contribution < -0.4 is 0 Å². The van der Waals surface area contributed by atoms with E-state index in [0.29, 0.717) is 17.5 Å². The highest BCUT2D eigenvalue weighted by molar-refractivity contribution is 7.90. The largest absolute Gasteiger partial charge is 0.517 e. The lowest BCUT2D eigenvalue weighted by Gasteiger charge is -2.27. The van der Waals surface area contributed by atoms with Gasteiger partial charge in [-0.05, 0) is 18.6 Å². The number of hydrogen-bond acceptors (Lipinski definition) is 5. The van der Waals surface area contributed by atoms with Gasteiger partial charge in [-0.3, -0.25) is 4.79 Å². The van der Waals surface area contributed by atoms with Crippen molar-refractivity contribution in [3.63, 3.8) is 0 Å². The molecule has 3 rings (SSSR count). The van der Waals surface area contributed by atoms with Crippen LogP contribution in [0.2, 0.25) is 0 Å². The van der Waals surface area contributed by atoms with Crippen molar-refractivity contribution in [2.45, 2.75) is 31.3 Å². The molecule has 0 aliphatic carbocycles. The lowest BCUT2D eigenvalue weighted by atomic mass is 9.92. The molecular weight excluding hydrogens is 397 g/mol. The Morgan fingerprint density at radius 2 is 1.86 bits per heavy atom. The molecule has 0 N–H and O–H groups in total. The Morgan fingerprint density at radius 1 is 1.21 bits per heavy atom. The second kappa shape index (κ2) is 7.38. The van der Waals surface area contributed by atoms with Gasteiger partial charge in [0.05, 0.1) is 5.52 Å². The Kier molecular flexibility index (Phi) is 5.28. The zero-order valence-corrected chi connectivity index (χ0v) is 15.6. The van der Waals surface area contributed by atoms with Gasteiger partial charge in [0, 0.05) is 24.7 Å². The van der Waals surface area contributed by atoms with Crippen LogP contribution in [0.25, 0.3) is 11.0 Å². The molecule has 7 nitrogen and oxygen atoms in total. The first-order valence-electron chi connectivity index (χ1n) is 8.46. The number of hydrogen-bond donors (Lipinski definition) is 0. The van der Waals surface area contributed by atoms with Gasteiger partial charge in [0.25, 0.3) is 0 Å². The molecule has 150 valence electrons. The first-order chi connectivity index (χ1) is 13.2. The predicted molar refractivity (Wildman–Crippen MR) is 95.1 cm³/mol.